The number of aromatic nitrogens is 2. The Bertz CT molecular complexity index is 1210. The van der Waals surface area contributed by atoms with Gasteiger partial charge in [-0.05, 0) is 49.1 Å². The Balaban J connectivity index is 1.42. The number of carbonyl (C=O) groups is 1. The lowest BCUT2D eigenvalue weighted by Gasteiger charge is -2.19. The van der Waals surface area contributed by atoms with Gasteiger partial charge in [0.25, 0.3) is 0 Å². The Labute approximate surface area is 183 Å². The summed E-state index contributed by atoms with van der Waals surface area (Å²) in [6, 6.07) is 27.1. The Morgan fingerprint density at radius 2 is 1.68 bits per heavy atom. The smallest absolute Gasteiger partial charge is 0.227 e. The van der Waals surface area contributed by atoms with Gasteiger partial charge in [-0.25, -0.2) is 4.98 Å². The summed E-state index contributed by atoms with van der Waals surface area (Å²) in [6.07, 6.45) is 2.58. The molecule has 1 saturated heterocycles. The van der Waals surface area contributed by atoms with Crippen LogP contribution in [-0.2, 0) is 17.8 Å². The maximum atomic E-state index is 12.9. The lowest BCUT2D eigenvalue weighted by Crippen LogP contribution is -2.25. The van der Waals surface area contributed by atoms with Crippen molar-refractivity contribution in [3.8, 4) is 0 Å². The predicted octanol–water partition coefficient (Wildman–Crippen LogP) is 5.50. The molecule has 1 atom stereocenters. The highest BCUT2D eigenvalue weighted by Gasteiger charge is 2.35. The first-order valence-corrected chi connectivity index (χ1v) is 11.1. The molecule has 0 bridgehead atoms. The van der Waals surface area contributed by atoms with E-state index in [4.69, 9.17) is 4.98 Å². The summed E-state index contributed by atoms with van der Waals surface area (Å²) in [4.78, 5) is 19.9. The van der Waals surface area contributed by atoms with Crippen molar-refractivity contribution in [3.05, 3.63) is 95.8 Å². The molecule has 1 aromatic heterocycles. The van der Waals surface area contributed by atoms with Gasteiger partial charge in [-0.1, -0.05) is 60.7 Å². The van der Waals surface area contributed by atoms with Gasteiger partial charge in [0.05, 0.1) is 11.0 Å². The average Bonchev–Trinajstić information content (AvgIpc) is 3.35. The van der Waals surface area contributed by atoms with E-state index in [1.54, 1.807) is 0 Å². The van der Waals surface area contributed by atoms with Crippen molar-refractivity contribution < 1.29 is 4.79 Å². The number of para-hydroxylation sites is 3. The van der Waals surface area contributed by atoms with Gasteiger partial charge in [0.2, 0.25) is 5.91 Å². The largest absolute Gasteiger partial charge is 0.328 e. The second-order valence-electron chi connectivity index (χ2n) is 8.39. The van der Waals surface area contributed by atoms with E-state index in [2.05, 4.69) is 66.1 Å². The molecule has 0 N–H and O–H groups in total. The quantitative estimate of drug-likeness (QED) is 0.422. The highest BCUT2D eigenvalue weighted by Crippen LogP contribution is 2.34. The van der Waals surface area contributed by atoms with E-state index in [9.17, 15) is 4.79 Å². The summed E-state index contributed by atoms with van der Waals surface area (Å²) in [5.74, 6) is 1.33. The fraction of sp³-hybridized carbons (Fsp3) is 0.259. The Morgan fingerprint density at radius 1 is 0.935 bits per heavy atom. The number of anilines is 1. The summed E-state index contributed by atoms with van der Waals surface area (Å²) in [5, 5.41) is 0. The fourth-order valence-electron chi connectivity index (χ4n) is 4.71. The lowest BCUT2D eigenvalue weighted by molar-refractivity contribution is -0.117. The molecule has 1 fully saturated rings. The molecule has 31 heavy (non-hydrogen) atoms. The third-order valence-electron chi connectivity index (χ3n) is 6.27. The van der Waals surface area contributed by atoms with Gasteiger partial charge in [0.1, 0.15) is 5.82 Å². The van der Waals surface area contributed by atoms with Gasteiger partial charge in [-0.15, -0.1) is 0 Å². The number of amides is 1. The van der Waals surface area contributed by atoms with Crippen LogP contribution in [0.1, 0.15) is 35.7 Å². The van der Waals surface area contributed by atoms with Gasteiger partial charge in [0.15, 0.2) is 0 Å². The van der Waals surface area contributed by atoms with Crippen molar-refractivity contribution in [1.29, 1.82) is 0 Å². The van der Waals surface area contributed by atoms with Gasteiger partial charge in [-0.2, -0.15) is 0 Å². The summed E-state index contributed by atoms with van der Waals surface area (Å²) in [6.45, 7) is 3.65. The fourth-order valence-corrected chi connectivity index (χ4v) is 4.71. The van der Waals surface area contributed by atoms with E-state index in [0.29, 0.717) is 13.0 Å². The zero-order valence-electron chi connectivity index (χ0n) is 17.9. The number of carbonyl (C=O) groups excluding carboxylic acids is 1. The number of hydrogen-bond acceptors (Lipinski definition) is 2. The lowest BCUT2D eigenvalue weighted by atomic mass is 10.1. The monoisotopic (exact) mass is 409 g/mol. The van der Waals surface area contributed by atoms with Crippen molar-refractivity contribution in [1.82, 2.24) is 9.55 Å². The highest BCUT2D eigenvalue weighted by atomic mass is 16.2. The number of imidazole rings is 1. The standard InChI is InChI=1S/C27H27N3O/c1-20-10-5-7-15-24(20)30-19-22(18-26(30)31)27-28-23-14-6-8-16-25(23)29(27)17-9-13-21-11-3-2-4-12-21/h2-8,10-12,14-16,22H,9,13,17-19H2,1H3/t22-/m1/s1. The average molecular weight is 410 g/mol. The Hall–Kier alpha value is -3.40. The first kappa shape index (κ1) is 19.6. The zero-order valence-corrected chi connectivity index (χ0v) is 17.9. The van der Waals surface area contributed by atoms with Crippen LogP contribution in [0.5, 0.6) is 0 Å². The first-order valence-electron chi connectivity index (χ1n) is 11.1. The van der Waals surface area contributed by atoms with Crippen LogP contribution < -0.4 is 4.90 Å². The van der Waals surface area contributed by atoms with E-state index in [1.807, 2.05) is 29.2 Å². The van der Waals surface area contributed by atoms with Crippen molar-refractivity contribution in [2.75, 3.05) is 11.4 Å². The van der Waals surface area contributed by atoms with Gasteiger partial charge in [0, 0.05) is 31.1 Å². The zero-order chi connectivity index (χ0) is 21.2. The number of nitrogens with zero attached hydrogens (tertiary/aromatic N) is 3. The molecule has 1 aliphatic rings. The summed E-state index contributed by atoms with van der Waals surface area (Å²) in [5.41, 5.74) is 5.68. The second kappa shape index (κ2) is 8.38. The minimum atomic E-state index is 0.108. The van der Waals surface area contributed by atoms with Crippen LogP contribution in [0.2, 0.25) is 0 Å². The molecule has 0 radical (unpaired) electrons. The van der Waals surface area contributed by atoms with Crippen LogP contribution in [0, 0.1) is 6.92 Å². The minimum absolute atomic E-state index is 0.108. The number of fused-ring (bicyclic) bond motifs is 1. The molecular weight excluding hydrogens is 382 g/mol. The maximum absolute atomic E-state index is 12.9. The number of rotatable bonds is 6. The minimum Gasteiger partial charge on any atom is -0.328 e. The maximum Gasteiger partial charge on any atom is 0.227 e. The van der Waals surface area contributed by atoms with Crippen molar-refractivity contribution in [2.45, 2.75) is 38.6 Å². The third-order valence-corrected chi connectivity index (χ3v) is 6.27. The van der Waals surface area contributed by atoms with E-state index >= 15 is 0 Å². The summed E-state index contributed by atoms with van der Waals surface area (Å²) >= 11 is 0. The predicted molar refractivity (Wildman–Crippen MR) is 125 cm³/mol. The molecule has 1 amide bonds. The molecule has 1 aliphatic heterocycles. The number of benzene rings is 3. The molecule has 2 heterocycles. The van der Waals surface area contributed by atoms with E-state index < -0.39 is 0 Å². The molecule has 0 spiro atoms. The molecule has 4 aromatic rings. The van der Waals surface area contributed by atoms with Crippen LogP contribution in [0.4, 0.5) is 5.69 Å². The SMILES string of the molecule is Cc1ccccc1N1C[C@H](c2nc3ccccc3n2CCCc2ccccc2)CC1=O. The van der Waals surface area contributed by atoms with Gasteiger partial charge < -0.3 is 9.47 Å². The topological polar surface area (TPSA) is 38.1 Å². The first-order chi connectivity index (χ1) is 15.2. The summed E-state index contributed by atoms with van der Waals surface area (Å²) < 4.78 is 2.34. The Morgan fingerprint density at radius 3 is 2.52 bits per heavy atom. The van der Waals surface area contributed by atoms with Crippen LogP contribution in [-0.4, -0.2) is 22.0 Å². The molecule has 0 unspecified atom stereocenters. The van der Waals surface area contributed by atoms with E-state index in [0.717, 1.165) is 47.5 Å². The normalized spacial score (nSPS) is 16.4. The van der Waals surface area contributed by atoms with E-state index in [-0.39, 0.29) is 11.8 Å². The third kappa shape index (κ3) is 3.86. The van der Waals surface area contributed by atoms with Crippen molar-refractivity contribution >= 4 is 22.6 Å². The Kier molecular flexibility index (Phi) is 5.29. The van der Waals surface area contributed by atoms with Gasteiger partial charge >= 0.3 is 0 Å². The van der Waals surface area contributed by atoms with Crippen LogP contribution in [0.3, 0.4) is 0 Å². The summed E-state index contributed by atoms with van der Waals surface area (Å²) in [7, 11) is 0. The van der Waals surface area contributed by atoms with Crippen molar-refractivity contribution in [2.24, 2.45) is 0 Å². The van der Waals surface area contributed by atoms with E-state index in [1.165, 1.54) is 5.56 Å². The van der Waals surface area contributed by atoms with Crippen molar-refractivity contribution in [3.63, 3.8) is 0 Å². The highest BCUT2D eigenvalue weighted by molar-refractivity contribution is 5.97. The van der Waals surface area contributed by atoms with Crippen LogP contribution in [0.25, 0.3) is 11.0 Å². The second-order valence-corrected chi connectivity index (χ2v) is 8.39. The number of hydrogen-bond donors (Lipinski definition) is 0. The molecule has 5 rings (SSSR count). The molecule has 4 nitrogen and oxygen atoms in total. The van der Waals surface area contributed by atoms with Gasteiger partial charge in [-0.3, -0.25) is 4.79 Å². The molecule has 3 aromatic carbocycles. The molecule has 4 heteroatoms. The molecular formula is C27H27N3O. The van der Waals surface area contributed by atoms with Crippen LogP contribution >= 0.6 is 0 Å². The molecule has 0 saturated carbocycles. The van der Waals surface area contributed by atoms with Crippen LogP contribution in [0.15, 0.2) is 78.9 Å². The molecule has 0 aliphatic carbocycles. The number of aryl methyl sites for hydroxylation is 3. The molecule has 156 valence electrons.